The summed E-state index contributed by atoms with van der Waals surface area (Å²) >= 11 is 2.90. The molecule has 2 heterocycles. The monoisotopic (exact) mass is 403 g/mol. The van der Waals surface area contributed by atoms with Crippen molar-refractivity contribution in [1.29, 1.82) is 0 Å². The van der Waals surface area contributed by atoms with E-state index in [1.54, 1.807) is 0 Å². The lowest BCUT2D eigenvalue weighted by Gasteiger charge is -2.19. The van der Waals surface area contributed by atoms with Gasteiger partial charge in [0.05, 0.1) is 17.9 Å². The number of hydrogen-bond donors (Lipinski definition) is 1. The van der Waals surface area contributed by atoms with Crippen LogP contribution in [-0.2, 0) is 16.0 Å². The van der Waals surface area contributed by atoms with Crippen LogP contribution in [0.15, 0.2) is 34.0 Å². The van der Waals surface area contributed by atoms with Crippen molar-refractivity contribution in [2.24, 2.45) is 0 Å². The molecule has 3 rings (SSSR count). The van der Waals surface area contributed by atoms with Crippen molar-refractivity contribution in [3.05, 3.63) is 40.9 Å². The Hall–Kier alpha value is -1.86. The quantitative estimate of drug-likeness (QED) is 0.737. The molecule has 1 aliphatic heterocycles. The molecular formula is C20H25N3O2S2. The van der Waals surface area contributed by atoms with Crippen LogP contribution >= 0.6 is 23.1 Å². The van der Waals surface area contributed by atoms with Crippen LogP contribution < -0.4 is 5.32 Å². The number of carbonyl (C=O) groups excluding carboxylic acids is 2. The average Bonchev–Trinajstić information content (AvgIpc) is 2.92. The van der Waals surface area contributed by atoms with Crippen LogP contribution in [0.5, 0.6) is 0 Å². The maximum absolute atomic E-state index is 12.4. The fourth-order valence-corrected chi connectivity index (χ4v) is 4.63. The van der Waals surface area contributed by atoms with Gasteiger partial charge in [-0.25, -0.2) is 4.98 Å². The summed E-state index contributed by atoms with van der Waals surface area (Å²) in [5, 5.41) is 4.81. The molecule has 1 saturated heterocycles. The maximum atomic E-state index is 12.4. The van der Waals surface area contributed by atoms with Gasteiger partial charge < -0.3 is 10.2 Å². The van der Waals surface area contributed by atoms with Crippen LogP contribution in [0.1, 0.15) is 36.9 Å². The van der Waals surface area contributed by atoms with E-state index in [2.05, 4.69) is 10.3 Å². The van der Waals surface area contributed by atoms with Crippen molar-refractivity contribution in [3.63, 3.8) is 0 Å². The number of amides is 2. The summed E-state index contributed by atoms with van der Waals surface area (Å²) in [7, 11) is 0. The zero-order chi connectivity index (χ0) is 19.1. The molecule has 0 radical (unpaired) electrons. The van der Waals surface area contributed by atoms with Crippen molar-refractivity contribution in [2.75, 3.05) is 24.2 Å². The number of nitrogens with zero attached hydrogens (tertiary/aromatic N) is 2. The molecule has 144 valence electrons. The average molecular weight is 404 g/mol. The summed E-state index contributed by atoms with van der Waals surface area (Å²) in [5.41, 5.74) is 2.76. The van der Waals surface area contributed by atoms with Gasteiger partial charge in [-0.15, -0.1) is 11.3 Å². The molecule has 0 bridgehead atoms. The third kappa shape index (κ3) is 6.36. The van der Waals surface area contributed by atoms with Crippen LogP contribution in [0.3, 0.4) is 0 Å². The normalized spacial score (nSPS) is 14.6. The first-order valence-electron chi connectivity index (χ1n) is 9.31. The first kappa shape index (κ1) is 19.9. The molecule has 0 unspecified atom stereocenters. The molecule has 7 heteroatoms. The van der Waals surface area contributed by atoms with Crippen LogP contribution in [-0.4, -0.2) is 40.5 Å². The molecule has 5 nitrogen and oxygen atoms in total. The Bertz CT molecular complexity index is 766. The third-order valence-electron chi connectivity index (χ3n) is 4.48. The fraction of sp³-hybridized carbons (Fsp3) is 0.450. The summed E-state index contributed by atoms with van der Waals surface area (Å²) in [4.78, 5) is 31.0. The molecule has 0 aliphatic carbocycles. The number of thiazole rings is 1. The van der Waals surface area contributed by atoms with E-state index >= 15 is 0 Å². The summed E-state index contributed by atoms with van der Waals surface area (Å²) < 4.78 is 0.827. The summed E-state index contributed by atoms with van der Waals surface area (Å²) in [5.74, 6) is 0.415. The van der Waals surface area contributed by atoms with Crippen molar-refractivity contribution < 1.29 is 9.59 Å². The van der Waals surface area contributed by atoms with E-state index in [0.717, 1.165) is 47.2 Å². The molecule has 0 spiro atoms. The lowest BCUT2D eigenvalue weighted by atomic mass is 10.2. The zero-order valence-electron chi connectivity index (χ0n) is 15.6. The summed E-state index contributed by atoms with van der Waals surface area (Å²) in [6.07, 6.45) is 4.98. The second-order valence-corrected chi connectivity index (χ2v) is 8.86. The smallest absolute Gasteiger partial charge is 0.234 e. The lowest BCUT2D eigenvalue weighted by molar-refractivity contribution is -0.130. The van der Waals surface area contributed by atoms with Crippen molar-refractivity contribution >= 4 is 40.6 Å². The number of carbonyl (C=O) groups is 2. The van der Waals surface area contributed by atoms with Crippen LogP contribution in [0.2, 0.25) is 0 Å². The highest BCUT2D eigenvalue weighted by Crippen LogP contribution is 2.23. The minimum atomic E-state index is -0.0544. The van der Waals surface area contributed by atoms with Gasteiger partial charge >= 0.3 is 0 Å². The second-order valence-electron chi connectivity index (χ2n) is 6.78. The summed E-state index contributed by atoms with van der Waals surface area (Å²) in [6, 6.07) is 7.73. The molecule has 27 heavy (non-hydrogen) atoms. The highest BCUT2D eigenvalue weighted by Gasteiger charge is 2.17. The minimum absolute atomic E-state index is 0.0544. The van der Waals surface area contributed by atoms with E-state index in [1.807, 2.05) is 41.5 Å². The summed E-state index contributed by atoms with van der Waals surface area (Å²) in [6.45, 7) is 3.74. The van der Waals surface area contributed by atoms with Crippen molar-refractivity contribution in [1.82, 2.24) is 9.88 Å². The van der Waals surface area contributed by atoms with Crippen LogP contribution in [0.4, 0.5) is 5.69 Å². The van der Waals surface area contributed by atoms with E-state index in [4.69, 9.17) is 0 Å². The van der Waals surface area contributed by atoms with E-state index in [0.29, 0.717) is 12.2 Å². The maximum Gasteiger partial charge on any atom is 0.234 e. The number of hydrogen-bond acceptors (Lipinski definition) is 5. The molecule has 1 N–H and O–H groups in total. The van der Waals surface area contributed by atoms with Gasteiger partial charge in [0.15, 0.2) is 4.34 Å². The minimum Gasteiger partial charge on any atom is -0.342 e. The Morgan fingerprint density at radius 3 is 2.56 bits per heavy atom. The molecule has 2 aromatic rings. The number of thioether (sulfide) groups is 1. The molecule has 1 fully saturated rings. The van der Waals surface area contributed by atoms with E-state index in [9.17, 15) is 9.59 Å². The number of anilines is 1. The second kappa shape index (κ2) is 9.90. The van der Waals surface area contributed by atoms with Gasteiger partial charge in [-0.3, -0.25) is 9.59 Å². The van der Waals surface area contributed by atoms with Gasteiger partial charge in [0.1, 0.15) is 0 Å². The SMILES string of the molecule is Cc1ccc(NC(=O)CSc2nc(CC(=O)N3CCCCCC3)cs2)cc1. The number of benzene rings is 1. The highest BCUT2D eigenvalue weighted by molar-refractivity contribution is 8.01. The Balaban J connectivity index is 1.45. The fourth-order valence-electron chi connectivity index (χ4n) is 2.98. The van der Waals surface area contributed by atoms with Crippen molar-refractivity contribution in [2.45, 2.75) is 43.4 Å². The van der Waals surface area contributed by atoms with E-state index in [1.165, 1.54) is 35.9 Å². The molecule has 1 aliphatic rings. The zero-order valence-corrected chi connectivity index (χ0v) is 17.2. The largest absolute Gasteiger partial charge is 0.342 e. The molecule has 2 amide bonds. The first-order valence-corrected chi connectivity index (χ1v) is 11.2. The third-order valence-corrected chi connectivity index (χ3v) is 6.55. The predicted molar refractivity (Wildman–Crippen MR) is 111 cm³/mol. The van der Waals surface area contributed by atoms with E-state index in [-0.39, 0.29) is 11.8 Å². The standard InChI is InChI=1S/C20H25N3O2S2/c1-15-6-8-16(9-7-15)21-18(24)14-27-20-22-17(13-26-20)12-19(25)23-10-4-2-3-5-11-23/h6-9,13H,2-5,10-12,14H2,1H3,(H,21,24). The van der Waals surface area contributed by atoms with Crippen molar-refractivity contribution in [3.8, 4) is 0 Å². The molecule has 0 saturated carbocycles. The molecule has 0 atom stereocenters. The molecule has 1 aromatic carbocycles. The number of rotatable bonds is 6. The predicted octanol–water partition coefficient (Wildman–Crippen LogP) is 4.13. The van der Waals surface area contributed by atoms with Gasteiger partial charge in [-0.05, 0) is 31.9 Å². The van der Waals surface area contributed by atoms with Crippen LogP contribution in [0, 0.1) is 6.92 Å². The first-order chi connectivity index (χ1) is 13.1. The number of aromatic nitrogens is 1. The van der Waals surface area contributed by atoms with Gasteiger partial charge in [0, 0.05) is 24.2 Å². The number of aryl methyl sites for hydroxylation is 1. The Morgan fingerprint density at radius 2 is 1.85 bits per heavy atom. The Labute approximate surface area is 168 Å². The van der Waals surface area contributed by atoms with E-state index < -0.39 is 0 Å². The topological polar surface area (TPSA) is 62.3 Å². The Morgan fingerprint density at radius 1 is 1.15 bits per heavy atom. The van der Waals surface area contributed by atoms with Crippen LogP contribution in [0.25, 0.3) is 0 Å². The lowest BCUT2D eigenvalue weighted by Crippen LogP contribution is -2.33. The molecular weight excluding hydrogens is 378 g/mol. The number of likely N-dealkylation sites (tertiary alicyclic amines) is 1. The number of nitrogens with one attached hydrogen (secondary N) is 1. The van der Waals surface area contributed by atoms with Gasteiger partial charge in [-0.2, -0.15) is 0 Å². The molecule has 1 aromatic heterocycles. The van der Waals surface area contributed by atoms with Gasteiger partial charge in [0.2, 0.25) is 11.8 Å². The Kier molecular flexibility index (Phi) is 7.29. The van der Waals surface area contributed by atoms with Gasteiger partial charge in [-0.1, -0.05) is 42.3 Å². The highest BCUT2D eigenvalue weighted by atomic mass is 32.2. The van der Waals surface area contributed by atoms with Gasteiger partial charge in [0.25, 0.3) is 0 Å².